The molecule has 1 atom stereocenters. The summed E-state index contributed by atoms with van der Waals surface area (Å²) in [5.41, 5.74) is 3.46. The minimum Gasteiger partial charge on any atom is -0.339 e. The molecule has 1 aliphatic heterocycles. The number of hydrogen-bond acceptors (Lipinski definition) is 2. The molecule has 0 radical (unpaired) electrons. The molecule has 0 saturated carbocycles. The van der Waals surface area contributed by atoms with Gasteiger partial charge in [-0.15, -0.1) is 13.2 Å². The minimum absolute atomic E-state index is 0.194. The van der Waals surface area contributed by atoms with Crippen molar-refractivity contribution in [2.45, 2.75) is 39.7 Å². The first kappa shape index (κ1) is 18.5. The van der Waals surface area contributed by atoms with E-state index in [0.717, 1.165) is 13.1 Å². The van der Waals surface area contributed by atoms with Crippen LogP contribution in [0.3, 0.4) is 0 Å². The second-order valence-corrected chi connectivity index (χ2v) is 7.09. The van der Waals surface area contributed by atoms with Gasteiger partial charge in [0.2, 0.25) is 5.91 Å². The van der Waals surface area contributed by atoms with Crippen LogP contribution in [0.4, 0.5) is 0 Å². The molecule has 2 rings (SSSR count). The summed E-state index contributed by atoms with van der Waals surface area (Å²) in [7, 11) is 0. The van der Waals surface area contributed by atoms with E-state index in [1.165, 1.54) is 16.7 Å². The van der Waals surface area contributed by atoms with Crippen LogP contribution in [-0.2, 0) is 4.79 Å². The van der Waals surface area contributed by atoms with Crippen LogP contribution in [0.25, 0.3) is 0 Å². The molecular weight excluding hydrogens is 296 g/mol. The summed E-state index contributed by atoms with van der Waals surface area (Å²) in [5, 5.41) is 3.57. The van der Waals surface area contributed by atoms with Crippen LogP contribution >= 0.6 is 0 Å². The molecule has 1 aromatic rings. The Morgan fingerprint density at radius 3 is 2.62 bits per heavy atom. The fraction of sp³-hybridized carbons (Fsp3) is 0.476. The van der Waals surface area contributed by atoms with Gasteiger partial charge in [-0.3, -0.25) is 4.79 Å². The van der Waals surface area contributed by atoms with Crippen molar-refractivity contribution in [2.75, 3.05) is 19.6 Å². The standard InChI is InChI=1S/C21H30N2O/c1-6-11-21(5,12-7-2)20(24)23-14-13-22-19(15-23)18-10-8-9-16(3)17(18)4/h6-10,19,22H,1-2,11-15H2,3-5H3. The number of hydrogen-bond donors (Lipinski definition) is 1. The Hall–Kier alpha value is -1.87. The molecule has 1 unspecified atom stereocenters. The highest BCUT2D eigenvalue weighted by molar-refractivity contribution is 5.83. The Morgan fingerprint density at radius 2 is 2.00 bits per heavy atom. The molecule has 0 spiro atoms. The predicted molar refractivity (Wildman–Crippen MR) is 101 cm³/mol. The van der Waals surface area contributed by atoms with Crippen LogP contribution in [0.5, 0.6) is 0 Å². The Bertz CT molecular complexity index is 610. The van der Waals surface area contributed by atoms with Gasteiger partial charge in [0.1, 0.15) is 0 Å². The maximum atomic E-state index is 13.1. The molecule has 1 aromatic carbocycles. The number of benzene rings is 1. The van der Waals surface area contributed by atoms with Gasteiger partial charge in [0.25, 0.3) is 0 Å². The van der Waals surface area contributed by atoms with Crippen LogP contribution in [-0.4, -0.2) is 30.4 Å². The van der Waals surface area contributed by atoms with E-state index in [2.05, 4.69) is 50.5 Å². The summed E-state index contributed by atoms with van der Waals surface area (Å²) in [6, 6.07) is 6.59. The predicted octanol–water partition coefficient (Wildman–Crippen LogP) is 3.93. The highest BCUT2D eigenvalue weighted by atomic mass is 16.2. The summed E-state index contributed by atoms with van der Waals surface area (Å²) in [5.74, 6) is 0.208. The number of carbonyl (C=O) groups is 1. The number of nitrogens with one attached hydrogen (secondary N) is 1. The molecule has 1 heterocycles. The molecule has 1 N–H and O–H groups in total. The number of carbonyl (C=O) groups excluding carboxylic acids is 1. The second kappa shape index (κ2) is 7.80. The number of allylic oxidation sites excluding steroid dienone is 2. The van der Waals surface area contributed by atoms with Gasteiger partial charge in [0.05, 0.1) is 11.5 Å². The van der Waals surface area contributed by atoms with Crippen LogP contribution in [0, 0.1) is 19.3 Å². The van der Waals surface area contributed by atoms with Crippen molar-refractivity contribution in [1.29, 1.82) is 0 Å². The zero-order valence-electron chi connectivity index (χ0n) is 15.3. The average molecular weight is 326 g/mol. The number of rotatable bonds is 6. The third-order valence-electron chi connectivity index (χ3n) is 5.19. The van der Waals surface area contributed by atoms with Crippen molar-refractivity contribution in [2.24, 2.45) is 5.41 Å². The fourth-order valence-corrected chi connectivity index (χ4v) is 3.57. The number of amides is 1. The monoisotopic (exact) mass is 326 g/mol. The molecule has 0 bridgehead atoms. The van der Waals surface area contributed by atoms with E-state index in [0.29, 0.717) is 19.4 Å². The molecule has 3 nitrogen and oxygen atoms in total. The van der Waals surface area contributed by atoms with Crippen molar-refractivity contribution in [3.05, 3.63) is 60.2 Å². The molecule has 1 saturated heterocycles. The first-order chi connectivity index (χ1) is 11.4. The van der Waals surface area contributed by atoms with Crippen molar-refractivity contribution in [3.63, 3.8) is 0 Å². The lowest BCUT2D eigenvalue weighted by Gasteiger charge is -2.39. The lowest BCUT2D eigenvalue weighted by Crippen LogP contribution is -2.52. The Morgan fingerprint density at radius 1 is 1.33 bits per heavy atom. The quantitative estimate of drug-likeness (QED) is 0.803. The molecule has 3 heteroatoms. The lowest BCUT2D eigenvalue weighted by atomic mass is 9.81. The van der Waals surface area contributed by atoms with Gasteiger partial charge in [-0.05, 0) is 43.4 Å². The Kier molecular flexibility index (Phi) is 6.00. The highest BCUT2D eigenvalue weighted by Crippen LogP contribution is 2.32. The van der Waals surface area contributed by atoms with Gasteiger partial charge >= 0.3 is 0 Å². The van der Waals surface area contributed by atoms with Crippen molar-refractivity contribution < 1.29 is 4.79 Å². The zero-order valence-corrected chi connectivity index (χ0v) is 15.3. The van der Waals surface area contributed by atoms with Gasteiger partial charge < -0.3 is 10.2 Å². The van der Waals surface area contributed by atoms with E-state index in [1.54, 1.807) is 0 Å². The van der Waals surface area contributed by atoms with Gasteiger partial charge in [0, 0.05) is 19.6 Å². The summed E-state index contributed by atoms with van der Waals surface area (Å²) < 4.78 is 0. The smallest absolute Gasteiger partial charge is 0.229 e. The van der Waals surface area contributed by atoms with E-state index in [-0.39, 0.29) is 11.9 Å². The SMILES string of the molecule is C=CCC(C)(CC=C)C(=O)N1CCNC(c2cccc(C)c2C)C1. The van der Waals surface area contributed by atoms with Gasteiger partial charge in [-0.2, -0.15) is 0 Å². The zero-order chi connectivity index (χ0) is 17.7. The third kappa shape index (κ3) is 3.78. The third-order valence-corrected chi connectivity index (χ3v) is 5.19. The molecule has 130 valence electrons. The first-order valence-electron chi connectivity index (χ1n) is 8.73. The lowest BCUT2D eigenvalue weighted by molar-refractivity contribution is -0.142. The Balaban J connectivity index is 2.20. The van der Waals surface area contributed by atoms with Crippen LogP contribution in [0.2, 0.25) is 0 Å². The number of nitrogens with zero attached hydrogens (tertiary/aromatic N) is 1. The average Bonchev–Trinajstić information content (AvgIpc) is 2.57. The number of aryl methyl sites for hydroxylation is 1. The van der Waals surface area contributed by atoms with E-state index in [1.807, 2.05) is 24.0 Å². The van der Waals surface area contributed by atoms with Crippen molar-refractivity contribution >= 4 is 5.91 Å². The molecule has 0 aliphatic carbocycles. The van der Waals surface area contributed by atoms with Crippen LogP contribution < -0.4 is 5.32 Å². The van der Waals surface area contributed by atoms with E-state index >= 15 is 0 Å². The van der Waals surface area contributed by atoms with Crippen molar-refractivity contribution in [1.82, 2.24) is 10.2 Å². The maximum absolute atomic E-state index is 13.1. The Labute approximate surface area is 146 Å². The maximum Gasteiger partial charge on any atom is 0.229 e. The molecule has 24 heavy (non-hydrogen) atoms. The minimum atomic E-state index is -0.437. The summed E-state index contributed by atoms with van der Waals surface area (Å²) in [6.45, 7) is 16.3. The second-order valence-electron chi connectivity index (χ2n) is 7.09. The first-order valence-corrected chi connectivity index (χ1v) is 8.73. The van der Waals surface area contributed by atoms with E-state index < -0.39 is 5.41 Å². The molecule has 1 fully saturated rings. The molecular formula is C21H30N2O. The van der Waals surface area contributed by atoms with E-state index in [9.17, 15) is 4.79 Å². The van der Waals surface area contributed by atoms with E-state index in [4.69, 9.17) is 0 Å². The summed E-state index contributed by atoms with van der Waals surface area (Å²) in [4.78, 5) is 15.1. The fourth-order valence-electron chi connectivity index (χ4n) is 3.57. The van der Waals surface area contributed by atoms with Gasteiger partial charge in [0.15, 0.2) is 0 Å². The molecule has 1 amide bonds. The summed E-state index contributed by atoms with van der Waals surface area (Å²) in [6.07, 6.45) is 5.03. The number of piperazine rings is 1. The normalized spacial score (nSPS) is 18.3. The highest BCUT2D eigenvalue weighted by Gasteiger charge is 2.36. The molecule has 1 aliphatic rings. The summed E-state index contributed by atoms with van der Waals surface area (Å²) >= 11 is 0. The largest absolute Gasteiger partial charge is 0.339 e. The van der Waals surface area contributed by atoms with Gasteiger partial charge in [-0.25, -0.2) is 0 Å². The van der Waals surface area contributed by atoms with Gasteiger partial charge in [-0.1, -0.05) is 37.3 Å². The van der Waals surface area contributed by atoms with Crippen LogP contribution in [0.15, 0.2) is 43.5 Å². The van der Waals surface area contributed by atoms with Crippen LogP contribution in [0.1, 0.15) is 42.5 Å². The molecule has 0 aromatic heterocycles. The topological polar surface area (TPSA) is 32.3 Å². The van der Waals surface area contributed by atoms with Crippen molar-refractivity contribution in [3.8, 4) is 0 Å².